The number of ether oxygens (including phenoxy) is 5. The standard InChI is InChI=1S/C25H40O5/c1-22-8-5-4-6-19(22)17(16-26-3)14-18-20(22)7-9-23(2)21(18)15-24-25(23,29-12-10-27-24)30-13-11-28-24/h17-21H,4-16H2,1-3H3/t17-,18+,19?,20-,21-,22-,23-,24?,25?/m0/s1. The molecule has 170 valence electrons. The van der Waals surface area contributed by atoms with Crippen molar-refractivity contribution < 1.29 is 23.7 Å². The molecule has 0 aromatic heterocycles. The van der Waals surface area contributed by atoms with E-state index in [2.05, 4.69) is 13.8 Å². The Morgan fingerprint density at radius 2 is 1.57 bits per heavy atom. The first-order valence-corrected chi connectivity index (χ1v) is 12.5. The van der Waals surface area contributed by atoms with Crippen molar-refractivity contribution in [3.63, 3.8) is 0 Å². The Bertz CT molecular complexity index is 668. The fourth-order valence-electron chi connectivity index (χ4n) is 9.66. The highest BCUT2D eigenvalue weighted by Crippen LogP contribution is 2.73. The molecule has 6 fully saturated rings. The quantitative estimate of drug-likeness (QED) is 0.663. The lowest BCUT2D eigenvalue weighted by molar-refractivity contribution is -0.474. The van der Waals surface area contributed by atoms with Crippen LogP contribution in [0.4, 0.5) is 0 Å². The summed E-state index contributed by atoms with van der Waals surface area (Å²) in [6.07, 6.45) is 10.2. The molecule has 6 rings (SSSR count). The Hall–Kier alpha value is -0.200. The lowest BCUT2D eigenvalue weighted by atomic mass is 9.43. The first kappa shape index (κ1) is 20.4. The van der Waals surface area contributed by atoms with Gasteiger partial charge < -0.3 is 23.7 Å². The largest absolute Gasteiger partial charge is 0.384 e. The summed E-state index contributed by atoms with van der Waals surface area (Å²) in [5.74, 6) is 2.05. The van der Waals surface area contributed by atoms with E-state index >= 15 is 0 Å². The topological polar surface area (TPSA) is 46.2 Å². The van der Waals surface area contributed by atoms with Crippen LogP contribution in [0.3, 0.4) is 0 Å². The molecule has 2 saturated heterocycles. The lowest BCUT2D eigenvalue weighted by Crippen LogP contribution is -2.70. The number of methoxy groups -OCH3 is 1. The van der Waals surface area contributed by atoms with Crippen molar-refractivity contribution in [1.29, 1.82) is 0 Å². The Balaban J connectivity index is 1.41. The minimum Gasteiger partial charge on any atom is -0.384 e. The maximum Gasteiger partial charge on any atom is 0.229 e. The highest BCUT2D eigenvalue weighted by Gasteiger charge is 2.79. The molecule has 0 bridgehead atoms. The van der Waals surface area contributed by atoms with Gasteiger partial charge in [0.2, 0.25) is 11.6 Å². The van der Waals surface area contributed by atoms with Gasteiger partial charge in [-0.1, -0.05) is 26.7 Å². The maximum absolute atomic E-state index is 6.55. The monoisotopic (exact) mass is 420 g/mol. The van der Waals surface area contributed by atoms with Crippen LogP contribution in [0.25, 0.3) is 0 Å². The molecule has 4 saturated carbocycles. The van der Waals surface area contributed by atoms with Crippen LogP contribution in [0.15, 0.2) is 0 Å². The molecule has 0 N–H and O–H groups in total. The molecule has 0 aromatic carbocycles. The van der Waals surface area contributed by atoms with Gasteiger partial charge in [0.05, 0.1) is 26.4 Å². The predicted molar refractivity (Wildman–Crippen MR) is 112 cm³/mol. The fourth-order valence-corrected chi connectivity index (χ4v) is 9.66. The third-order valence-electron chi connectivity index (χ3n) is 10.7. The molecule has 5 nitrogen and oxygen atoms in total. The van der Waals surface area contributed by atoms with Gasteiger partial charge in [-0.25, -0.2) is 0 Å². The minimum atomic E-state index is -0.729. The summed E-state index contributed by atoms with van der Waals surface area (Å²) in [4.78, 5) is 0. The van der Waals surface area contributed by atoms with E-state index in [1.807, 2.05) is 7.11 Å². The van der Waals surface area contributed by atoms with Crippen molar-refractivity contribution in [1.82, 2.24) is 0 Å². The lowest BCUT2D eigenvalue weighted by Gasteiger charge is -2.63. The summed E-state index contributed by atoms with van der Waals surface area (Å²) in [5.41, 5.74) is 0.397. The predicted octanol–water partition coefficient (Wildman–Crippen LogP) is 4.39. The number of hydrogen-bond donors (Lipinski definition) is 0. The third-order valence-corrected chi connectivity index (χ3v) is 10.7. The normalized spacial score (nSPS) is 57.5. The van der Waals surface area contributed by atoms with Gasteiger partial charge in [0.15, 0.2) is 0 Å². The van der Waals surface area contributed by atoms with E-state index in [0.717, 1.165) is 31.3 Å². The van der Waals surface area contributed by atoms with E-state index in [4.69, 9.17) is 23.7 Å². The van der Waals surface area contributed by atoms with E-state index in [1.54, 1.807) is 0 Å². The summed E-state index contributed by atoms with van der Waals surface area (Å²) >= 11 is 0. The van der Waals surface area contributed by atoms with Crippen molar-refractivity contribution in [2.24, 2.45) is 40.4 Å². The third kappa shape index (κ3) is 2.37. The molecule has 0 amide bonds. The molecule has 5 heteroatoms. The molecule has 7 atom stereocenters. The Labute approximate surface area is 181 Å². The first-order chi connectivity index (χ1) is 14.5. The summed E-state index contributed by atoms with van der Waals surface area (Å²) < 4.78 is 31.7. The highest BCUT2D eigenvalue weighted by molar-refractivity contribution is 5.19. The van der Waals surface area contributed by atoms with Crippen LogP contribution < -0.4 is 0 Å². The first-order valence-electron chi connectivity index (χ1n) is 12.5. The van der Waals surface area contributed by atoms with Gasteiger partial charge >= 0.3 is 0 Å². The summed E-state index contributed by atoms with van der Waals surface area (Å²) in [6.45, 7) is 8.39. The molecular weight excluding hydrogens is 380 g/mol. The van der Waals surface area contributed by atoms with Crippen LogP contribution in [0.2, 0.25) is 0 Å². The highest BCUT2D eigenvalue weighted by atomic mass is 16.8. The van der Waals surface area contributed by atoms with E-state index in [9.17, 15) is 0 Å². The van der Waals surface area contributed by atoms with Crippen molar-refractivity contribution in [3.8, 4) is 0 Å². The molecule has 0 radical (unpaired) electrons. The van der Waals surface area contributed by atoms with Gasteiger partial charge in [0.1, 0.15) is 0 Å². The average Bonchev–Trinajstić information content (AvgIpc) is 3.00. The molecule has 1 unspecified atom stereocenters. The second kappa shape index (κ2) is 6.90. The van der Waals surface area contributed by atoms with Crippen LogP contribution in [0.1, 0.15) is 65.2 Å². The van der Waals surface area contributed by atoms with Crippen LogP contribution in [0, 0.1) is 40.4 Å². The van der Waals surface area contributed by atoms with Crippen LogP contribution in [-0.2, 0) is 23.7 Å². The molecule has 30 heavy (non-hydrogen) atoms. The number of hydrogen-bond acceptors (Lipinski definition) is 5. The molecule has 0 spiro atoms. The van der Waals surface area contributed by atoms with E-state index in [-0.39, 0.29) is 5.41 Å². The van der Waals surface area contributed by atoms with Gasteiger partial charge in [-0.3, -0.25) is 0 Å². The smallest absolute Gasteiger partial charge is 0.229 e. The van der Waals surface area contributed by atoms with Gasteiger partial charge in [-0.05, 0) is 67.1 Å². The Morgan fingerprint density at radius 3 is 2.30 bits per heavy atom. The molecule has 4 aliphatic carbocycles. The van der Waals surface area contributed by atoms with E-state index in [0.29, 0.717) is 49.6 Å². The van der Waals surface area contributed by atoms with Crippen LogP contribution in [0.5, 0.6) is 0 Å². The van der Waals surface area contributed by atoms with Gasteiger partial charge in [-0.2, -0.15) is 0 Å². The summed E-state index contributed by atoms with van der Waals surface area (Å²) in [6, 6.07) is 0. The Kier molecular flexibility index (Phi) is 4.69. The van der Waals surface area contributed by atoms with Crippen LogP contribution in [-0.4, -0.2) is 51.7 Å². The van der Waals surface area contributed by atoms with Gasteiger partial charge in [0.25, 0.3) is 0 Å². The second-order valence-electron chi connectivity index (χ2n) is 11.6. The fraction of sp³-hybridized carbons (Fsp3) is 1.00. The zero-order valence-electron chi connectivity index (χ0n) is 19.1. The van der Waals surface area contributed by atoms with Gasteiger partial charge in [0, 0.05) is 25.6 Å². The van der Waals surface area contributed by atoms with Gasteiger partial charge in [-0.15, -0.1) is 0 Å². The van der Waals surface area contributed by atoms with Crippen molar-refractivity contribution >= 4 is 0 Å². The number of fused-ring (bicyclic) bond motifs is 5. The number of rotatable bonds is 2. The molecular formula is C25H40O5. The molecule has 6 aliphatic rings. The van der Waals surface area contributed by atoms with Crippen molar-refractivity contribution in [2.75, 3.05) is 40.1 Å². The average molecular weight is 421 g/mol. The SMILES string of the molecule is COC[C@@H]1C[C@@H]2[C@H](CC[C@@]3(C)[C@H]2CC24OCCOC23OCCO4)[C@@]2(C)CCCCC12. The zero-order valence-corrected chi connectivity index (χ0v) is 19.1. The second-order valence-corrected chi connectivity index (χ2v) is 11.6. The Morgan fingerprint density at radius 1 is 0.833 bits per heavy atom. The summed E-state index contributed by atoms with van der Waals surface area (Å²) in [5, 5.41) is 0. The zero-order chi connectivity index (χ0) is 20.6. The van der Waals surface area contributed by atoms with E-state index < -0.39 is 11.6 Å². The van der Waals surface area contributed by atoms with Crippen molar-refractivity contribution in [2.45, 2.75) is 76.8 Å². The van der Waals surface area contributed by atoms with Crippen LogP contribution >= 0.6 is 0 Å². The minimum absolute atomic E-state index is 0.0511. The van der Waals surface area contributed by atoms with Crippen molar-refractivity contribution in [3.05, 3.63) is 0 Å². The molecule has 0 aromatic rings. The molecule has 2 aliphatic heterocycles. The van der Waals surface area contributed by atoms with E-state index in [1.165, 1.54) is 38.5 Å². The maximum atomic E-state index is 6.55. The molecule has 2 heterocycles. The summed E-state index contributed by atoms with van der Waals surface area (Å²) in [7, 11) is 1.89.